The van der Waals surface area contributed by atoms with Gasteiger partial charge in [-0.2, -0.15) is 0 Å². The number of aryl methyl sites for hydroxylation is 1. The van der Waals surface area contributed by atoms with E-state index in [0.29, 0.717) is 6.54 Å². The molecule has 0 aliphatic heterocycles. The number of para-hydroxylation sites is 1. The number of hydrogen-bond acceptors (Lipinski definition) is 2. The van der Waals surface area contributed by atoms with E-state index in [1.807, 2.05) is 42.5 Å². The van der Waals surface area contributed by atoms with Gasteiger partial charge in [0.2, 0.25) is 0 Å². The van der Waals surface area contributed by atoms with Gasteiger partial charge in [-0.3, -0.25) is 0 Å². The fourth-order valence-corrected chi connectivity index (χ4v) is 1.88. The van der Waals surface area contributed by atoms with Crippen molar-refractivity contribution in [2.75, 3.05) is 5.01 Å². The lowest BCUT2D eigenvalue weighted by Crippen LogP contribution is -2.30. The number of benzene rings is 2. The second-order valence-corrected chi connectivity index (χ2v) is 4.48. The second kappa shape index (κ2) is 5.21. The van der Waals surface area contributed by atoms with Crippen molar-refractivity contribution in [3.05, 3.63) is 64.7 Å². The molecular formula is C14H15ClN2. The number of rotatable bonds is 3. The quantitative estimate of drug-likeness (QED) is 0.663. The SMILES string of the molecule is Cc1ccccc1N(N)Cc1ccc(Cl)cc1. The Morgan fingerprint density at radius 3 is 2.35 bits per heavy atom. The molecule has 0 aliphatic carbocycles. The van der Waals surface area contributed by atoms with Gasteiger partial charge < -0.3 is 5.01 Å². The van der Waals surface area contributed by atoms with Crippen LogP contribution in [0.1, 0.15) is 11.1 Å². The standard InChI is InChI=1S/C14H15ClN2/c1-11-4-2-3-5-14(11)17(16)10-12-6-8-13(15)9-7-12/h2-9H,10,16H2,1H3. The van der Waals surface area contributed by atoms with E-state index in [1.54, 1.807) is 5.01 Å². The minimum absolute atomic E-state index is 0.669. The maximum absolute atomic E-state index is 6.07. The molecule has 17 heavy (non-hydrogen) atoms. The van der Waals surface area contributed by atoms with E-state index in [2.05, 4.69) is 13.0 Å². The van der Waals surface area contributed by atoms with Gasteiger partial charge in [0.1, 0.15) is 0 Å². The molecule has 0 saturated heterocycles. The first-order valence-corrected chi connectivity index (χ1v) is 5.87. The molecule has 2 nitrogen and oxygen atoms in total. The highest BCUT2D eigenvalue weighted by Crippen LogP contribution is 2.19. The molecule has 2 rings (SSSR count). The summed E-state index contributed by atoms with van der Waals surface area (Å²) in [5, 5.41) is 2.49. The highest BCUT2D eigenvalue weighted by molar-refractivity contribution is 6.30. The molecule has 0 heterocycles. The van der Waals surface area contributed by atoms with E-state index in [-0.39, 0.29) is 0 Å². The van der Waals surface area contributed by atoms with Crippen LogP contribution in [-0.4, -0.2) is 0 Å². The first-order valence-electron chi connectivity index (χ1n) is 5.49. The Kier molecular flexibility index (Phi) is 3.67. The van der Waals surface area contributed by atoms with Crippen LogP contribution in [0.3, 0.4) is 0 Å². The van der Waals surface area contributed by atoms with Gasteiger partial charge in [-0.05, 0) is 36.2 Å². The number of hydrazine groups is 1. The van der Waals surface area contributed by atoms with Crippen molar-refractivity contribution in [2.24, 2.45) is 5.84 Å². The lowest BCUT2D eigenvalue weighted by atomic mass is 10.1. The Bertz CT molecular complexity index is 494. The summed E-state index contributed by atoms with van der Waals surface area (Å²) in [5.74, 6) is 6.07. The number of nitrogens with zero attached hydrogens (tertiary/aromatic N) is 1. The third-order valence-corrected chi connectivity index (χ3v) is 2.94. The van der Waals surface area contributed by atoms with E-state index in [1.165, 1.54) is 5.56 Å². The Morgan fingerprint density at radius 2 is 1.71 bits per heavy atom. The highest BCUT2D eigenvalue weighted by atomic mass is 35.5. The minimum Gasteiger partial charge on any atom is -0.306 e. The predicted molar refractivity (Wildman–Crippen MR) is 73.0 cm³/mol. The summed E-state index contributed by atoms with van der Waals surface area (Å²) in [4.78, 5) is 0. The van der Waals surface area contributed by atoms with Crippen LogP contribution in [0.4, 0.5) is 5.69 Å². The molecule has 2 aromatic rings. The van der Waals surface area contributed by atoms with Gasteiger partial charge in [-0.15, -0.1) is 0 Å². The van der Waals surface area contributed by atoms with Crippen molar-refractivity contribution in [3.63, 3.8) is 0 Å². The third-order valence-electron chi connectivity index (χ3n) is 2.69. The summed E-state index contributed by atoms with van der Waals surface area (Å²) in [6.07, 6.45) is 0. The van der Waals surface area contributed by atoms with Gasteiger partial charge in [0, 0.05) is 5.02 Å². The van der Waals surface area contributed by atoms with E-state index < -0.39 is 0 Å². The van der Waals surface area contributed by atoms with Crippen LogP contribution < -0.4 is 10.9 Å². The van der Waals surface area contributed by atoms with Crippen molar-refractivity contribution in [2.45, 2.75) is 13.5 Å². The van der Waals surface area contributed by atoms with E-state index in [4.69, 9.17) is 17.4 Å². The van der Waals surface area contributed by atoms with Crippen molar-refractivity contribution < 1.29 is 0 Å². The van der Waals surface area contributed by atoms with Gasteiger partial charge in [-0.25, -0.2) is 5.84 Å². The average Bonchev–Trinajstić information content (AvgIpc) is 2.32. The molecule has 0 aromatic heterocycles. The van der Waals surface area contributed by atoms with Crippen molar-refractivity contribution in [3.8, 4) is 0 Å². The van der Waals surface area contributed by atoms with Crippen molar-refractivity contribution in [1.82, 2.24) is 0 Å². The molecule has 0 saturated carbocycles. The van der Waals surface area contributed by atoms with E-state index >= 15 is 0 Å². The highest BCUT2D eigenvalue weighted by Gasteiger charge is 2.04. The summed E-state index contributed by atoms with van der Waals surface area (Å²) >= 11 is 5.85. The van der Waals surface area contributed by atoms with Gasteiger partial charge in [0.25, 0.3) is 0 Å². The van der Waals surface area contributed by atoms with Crippen LogP contribution >= 0.6 is 11.6 Å². The molecule has 0 aliphatic rings. The summed E-state index contributed by atoms with van der Waals surface area (Å²) in [6, 6.07) is 15.8. The summed E-state index contributed by atoms with van der Waals surface area (Å²) in [5.41, 5.74) is 3.35. The lowest BCUT2D eigenvalue weighted by molar-refractivity contribution is 0.848. The zero-order valence-electron chi connectivity index (χ0n) is 9.73. The molecule has 0 amide bonds. The maximum Gasteiger partial charge on any atom is 0.0592 e. The minimum atomic E-state index is 0.669. The van der Waals surface area contributed by atoms with Gasteiger partial charge >= 0.3 is 0 Å². The smallest absolute Gasteiger partial charge is 0.0592 e. The molecule has 0 spiro atoms. The van der Waals surface area contributed by atoms with E-state index in [0.717, 1.165) is 16.3 Å². The molecule has 0 bridgehead atoms. The fraction of sp³-hybridized carbons (Fsp3) is 0.143. The molecular weight excluding hydrogens is 232 g/mol. The normalized spacial score (nSPS) is 10.3. The predicted octanol–water partition coefficient (Wildman–Crippen LogP) is 3.53. The van der Waals surface area contributed by atoms with Crippen LogP contribution in [0.15, 0.2) is 48.5 Å². The molecule has 0 unspecified atom stereocenters. The Morgan fingerprint density at radius 1 is 1.06 bits per heavy atom. The zero-order valence-corrected chi connectivity index (χ0v) is 10.5. The topological polar surface area (TPSA) is 29.3 Å². The summed E-state index contributed by atoms with van der Waals surface area (Å²) < 4.78 is 0. The molecule has 0 radical (unpaired) electrons. The fourth-order valence-electron chi connectivity index (χ4n) is 1.76. The molecule has 0 atom stereocenters. The van der Waals surface area contributed by atoms with Crippen molar-refractivity contribution in [1.29, 1.82) is 0 Å². The zero-order chi connectivity index (χ0) is 12.3. The number of anilines is 1. The largest absolute Gasteiger partial charge is 0.306 e. The van der Waals surface area contributed by atoms with Crippen LogP contribution in [0.25, 0.3) is 0 Å². The number of nitrogens with two attached hydrogens (primary N) is 1. The molecule has 2 N–H and O–H groups in total. The molecule has 3 heteroatoms. The average molecular weight is 247 g/mol. The molecule has 88 valence electrons. The Balaban J connectivity index is 2.14. The summed E-state index contributed by atoms with van der Waals surface area (Å²) in [6.45, 7) is 2.72. The first-order chi connectivity index (χ1) is 8.16. The molecule has 0 fully saturated rings. The van der Waals surface area contributed by atoms with Crippen LogP contribution in [0.2, 0.25) is 5.02 Å². The van der Waals surface area contributed by atoms with Gasteiger partial charge in [-0.1, -0.05) is 41.9 Å². The van der Waals surface area contributed by atoms with E-state index in [9.17, 15) is 0 Å². The monoisotopic (exact) mass is 246 g/mol. The molecule has 2 aromatic carbocycles. The third kappa shape index (κ3) is 2.99. The number of halogens is 1. The second-order valence-electron chi connectivity index (χ2n) is 4.04. The number of hydrogen-bond donors (Lipinski definition) is 1. The van der Waals surface area contributed by atoms with Gasteiger partial charge in [0.15, 0.2) is 0 Å². The van der Waals surface area contributed by atoms with Crippen LogP contribution in [0.5, 0.6) is 0 Å². The Hall–Kier alpha value is -1.51. The van der Waals surface area contributed by atoms with Crippen molar-refractivity contribution >= 4 is 17.3 Å². The maximum atomic E-state index is 6.07. The van der Waals surface area contributed by atoms with Crippen LogP contribution in [-0.2, 0) is 6.54 Å². The Labute approximate surface area is 107 Å². The first kappa shape index (κ1) is 12.0. The summed E-state index contributed by atoms with van der Waals surface area (Å²) in [7, 11) is 0. The lowest BCUT2D eigenvalue weighted by Gasteiger charge is -2.20. The van der Waals surface area contributed by atoms with Crippen LogP contribution in [0, 0.1) is 6.92 Å². The van der Waals surface area contributed by atoms with Gasteiger partial charge in [0.05, 0.1) is 12.2 Å².